The summed E-state index contributed by atoms with van der Waals surface area (Å²) in [6.07, 6.45) is 1.92. The average molecular weight is 288 g/mol. The SMILES string of the molecule is CNCCC(=O)c1ccc2c(c1)CCN2C(=O)CC(C)C. The van der Waals surface area contributed by atoms with E-state index in [9.17, 15) is 9.59 Å². The average Bonchev–Trinajstić information content (AvgIpc) is 2.86. The molecule has 0 bridgehead atoms. The smallest absolute Gasteiger partial charge is 0.227 e. The Kier molecular flexibility index (Phi) is 5.12. The van der Waals surface area contributed by atoms with Gasteiger partial charge in [-0.3, -0.25) is 9.59 Å². The lowest BCUT2D eigenvalue weighted by Crippen LogP contribution is -2.29. The zero-order valence-corrected chi connectivity index (χ0v) is 13.1. The third kappa shape index (κ3) is 3.70. The van der Waals surface area contributed by atoms with Crippen LogP contribution in [-0.4, -0.2) is 31.8 Å². The Morgan fingerprint density at radius 1 is 1.33 bits per heavy atom. The predicted octanol–water partition coefficient (Wildman–Crippen LogP) is 2.41. The normalized spacial score (nSPS) is 13.6. The lowest BCUT2D eigenvalue weighted by Gasteiger charge is -2.18. The van der Waals surface area contributed by atoms with Crippen molar-refractivity contribution in [2.45, 2.75) is 33.1 Å². The third-order valence-electron chi connectivity index (χ3n) is 3.78. The minimum absolute atomic E-state index is 0.152. The van der Waals surface area contributed by atoms with Gasteiger partial charge in [-0.2, -0.15) is 0 Å². The summed E-state index contributed by atoms with van der Waals surface area (Å²) in [6.45, 7) is 5.53. The Balaban J connectivity index is 2.13. The summed E-state index contributed by atoms with van der Waals surface area (Å²) in [4.78, 5) is 26.1. The summed E-state index contributed by atoms with van der Waals surface area (Å²) in [5.74, 6) is 0.695. The Hall–Kier alpha value is -1.68. The first kappa shape index (κ1) is 15.7. The van der Waals surface area contributed by atoms with Gasteiger partial charge >= 0.3 is 0 Å². The van der Waals surface area contributed by atoms with Crippen LogP contribution in [0.3, 0.4) is 0 Å². The number of anilines is 1. The summed E-state index contributed by atoms with van der Waals surface area (Å²) >= 11 is 0. The van der Waals surface area contributed by atoms with Crippen LogP contribution in [0.2, 0.25) is 0 Å². The third-order valence-corrected chi connectivity index (χ3v) is 3.78. The summed E-state index contributed by atoms with van der Waals surface area (Å²) in [5, 5.41) is 2.99. The molecule has 1 heterocycles. The molecule has 1 aliphatic rings. The predicted molar refractivity (Wildman–Crippen MR) is 84.8 cm³/mol. The topological polar surface area (TPSA) is 49.4 Å². The molecule has 0 radical (unpaired) electrons. The summed E-state index contributed by atoms with van der Waals surface area (Å²) in [5.41, 5.74) is 2.84. The summed E-state index contributed by atoms with van der Waals surface area (Å²) < 4.78 is 0. The molecule has 4 heteroatoms. The van der Waals surface area contributed by atoms with E-state index in [0.717, 1.165) is 29.8 Å². The monoisotopic (exact) mass is 288 g/mol. The second kappa shape index (κ2) is 6.85. The number of nitrogens with zero attached hydrogens (tertiary/aromatic N) is 1. The maximum Gasteiger partial charge on any atom is 0.227 e. The minimum Gasteiger partial charge on any atom is -0.319 e. The van der Waals surface area contributed by atoms with Gasteiger partial charge in [0.1, 0.15) is 0 Å². The highest BCUT2D eigenvalue weighted by Gasteiger charge is 2.25. The quantitative estimate of drug-likeness (QED) is 0.818. The van der Waals surface area contributed by atoms with Gasteiger partial charge in [-0.15, -0.1) is 0 Å². The summed E-state index contributed by atoms with van der Waals surface area (Å²) in [6, 6.07) is 5.72. The molecule has 0 saturated heterocycles. The number of nitrogens with one attached hydrogen (secondary N) is 1. The van der Waals surface area contributed by atoms with E-state index in [0.29, 0.717) is 25.3 Å². The number of rotatable bonds is 6. The fourth-order valence-electron chi connectivity index (χ4n) is 2.68. The fraction of sp³-hybridized carbons (Fsp3) is 0.529. The van der Waals surface area contributed by atoms with Crippen molar-refractivity contribution in [3.05, 3.63) is 29.3 Å². The van der Waals surface area contributed by atoms with E-state index in [4.69, 9.17) is 0 Å². The molecular weight excluding hydrogens is 264 g/mol. The van der Waals surface area contributed by atoms with Gasteiger partial charge in [0.15, 0.2) is 5.78 Å². The van der Waals surface area contributed by atoms with Crippen LogP contribution in [-0.2, 0) is 11.2 Å². The number of ketones is 1. The lowest BCUT2D eigenvalue weighted by molar-refractivity contribution is -0.119. The molecule has 1 N–H and O–H groups in total. The van der Waals surface area contributed by atoms with Crippen molar-refractivity contribution in [1.29, 1.82) is 0 Å². The molecule has 0 aromatic heterocycles. The molecule has 0 aliphatic carbocycles. The number of Topliss-reactive ketones (excluding diaryl/α,β-unsaturated/α-hetero) is 1. The van der Waals surface area contributed by atoms with Crippen LogP contribution in [0.1, 0.15) is 42.6 Å². The Morgan fingerprint density at radius 2 is 2.10 bits per heavy atom. The largest absolute Gasteiger partial charge is 0.319 e. The molecule has 0 spiro atoms. The van der Waals surface area contributed by atoms with E-state index in [1.165, 1.54) is 0 Å². The first-order chi connectivity index (χ1) is 10.0. The zero-order valence-electron chi connectivity index (χ0n) is 13.1. The number of fused-ring (bicyclic) bond motifs is 1. The summed E-state index contributed by atoms with van der Waals surface area (Å²) in [7, 11) is 1.84. The van der Waals surface area contributed by atoms with Crippen molar-refractivity contribution in [2.24, 2.45) is 5.92 Å². The van der Waals surface area contributed by atoms with Gasteiger partial charge in [-0.1, -0.05) is 13.8 Å². The van der Waals surface area contributed by atoms with Crippen molar-refractivity contribution in [1.82, 2.24) is 5.32 Å². The van der Waals surface area contributed by atoms with Gasteiger partial charge < -0.3 is 10.2 Å². The maximum atomic E-state index is 12.2. The number of carbonyl (C=O) groups excluding carboxylic acids is 2. The van der Waals surface area contributed by atoms with Crippen molar-refractivity contribution in [3.8, 4) is 0 Å². The van der Waals surface area contributed by atoms with E-state index >= 15 is 0 Å². The van der Waals surface area contributed by atoms with Crippen molar-refractivity contribution in [2.75, 3.05) is 25.0 Å². The van der Waals surface area contributed by atoms with Crippen molar-refractivity contribution >= 4 is 17.4 Å². The van der Waals surface area contributed by atoms with Gasteiger partial charge in [0.2, 0.25) is 5.91 Å². The second-order valence-electron chi connectivity index (χ2n) is 6.01. The van der Waals surface area contributed by atoms with Gasteiger partial charge in [0.05, 0.1) is 0 Å². The molecule has 0 saturated carbocycles. The van der Waals surface area contributed by atoms with Crippen LogP contribution in [0.15, 0.2) is 18.2 Å². The van der Waals surface area contributed by atoms with Crippen molar-refractivity contribution < 1.29 is 9.59 Å². The molecule has 1 aliphatic heterocycles. The van der Waals surface area contributed by atoms with Crippen LogP contribution in [0, 0.1) is 5.92 Å². The highest BCUT2D eigenvalue weighted by atomic mass is 16.2. The molecule has 1 amide bonds. The minimum atomic E-state index is 0.152. The molecule has 114 valence electrons. The maximum absolute atomic E-state index is 12.2. The first-order valence-corrected chi connectivity index (χ1v) is 7.64. The molecule has 1 aromatic rings. The molecule has 1 aromatic carbocycles. The number of carbonyl (C=O) groups is 2. The van der Waals surface area contributed by atoms with Gasteiger partial charge in [-0.25, -0.2) is 0 Å². The molecule has 4 nitrogen and oxygen atoms in total. The standard InChI is InChI=1S/C17H24N2O2/c1-12(2)10-17(21)19-9-7-13-11-14(4-5-15(13)19)16(20)6-8-18-3/h4-5,11-12,18H,6-10H2,1-3H3. The Labute approximate surface area is 126 Å². The van der Waals surface area contributed by atoms with Crippen LogP contribution in [0.25, 0.3) is 0 Å². The second-order valence-corrected chi connectivity index (χ2v) is 6.01. The number of hydrogen-bond donors (Lipinski definition) is 1. The molecular formula is C17H24N2O2. The number of hydrogen-bond acceptors (Lipinski definition) is 3. The Morgan fingerprint density at radius 3 is 2.76 bits per heavy atom. The fourth-order valence-corrected chi connectivity index (χ4v) is 2.68. The number of benzene rings is 1. The van der Waals surface area contributed by atoms with E-state index in [-0.39, 0.29) is 11.7 Å². The van der Waals surface area contributed by atoms with Crippen LogP contribution >= 0.6 is 0 Å². The zero-order chi connectivity index (χ0) is 15.4. The highest BCUT2D eigenvalue weighted by Crippen LogP contribution is 2.30. The molecule has 21 heavy (non-hydrogen) atoms. The first-order valence-electron chi connectivity index (χ1n) is 7.64. The lowest BCUT2D eigenvalue weighted by atomic mass is 10.0. The van der Waals surface area contributed by atoms with Crippen LogP contribution in [0.5, 0.6) is 0 Å². The Bertz CT molecular complexity index is 538. The van der Waals surface area contributed by atoms with Crippen molar-refractivity contribution in [3.63, 3.8) is 0 Å². The van der Waals surface area contributed by atoms with Gasteiger partial charge in [0, 0.05) is 37.2 Å². The van der Waals surface area contributed by atoms with E-state index < -0.39 is 0 Å². The van der Waals surface area contributed by atoms with Gasteiger partial charge in [0.25, 0.3) is 0 Å². The molecule has 0 atom stereocenters. The van der Waals surface area contributed by atoms with Crippen LogP contribution in [0.4, 0.5) is 5.69 Å². The molecule has 2 rings (SSSR count). The van der Waals surface area contributed by atoms with Gasteiger partial charge in [-0.05, 0) is 43.1 Å². The van der Waals surface area contributed by atoms with E-state index in [2.05, 4.69) is 19.2 Å². The highest BCUT2D eigenvalue weighted by molar-refractivity contribution is 5.99. The molecule has 0 fully saturated rings. The molecule has 0 unspecified atom stereocenters. The van der Waals surface area contributed by atoms with E-state index in [1.807, 2.05) is 30.1 Å². The van der Waals surface area contributed by atoms with Crippen LogP contribution < -0.4 is 10.2 Å². The van der Waals surface area contributed by atoms with E-state index in [1.54, 1.807) is 0 Å². The number of amides is 1.